The van der Waals surface area contributed by atoms with Crippen molar-refractivity contribution in [2.75, 3.05) is 18.9 Å². The minimum absolute atomic E-state index is 0.0326. The zero-order chi connectivity index (χ0) is 25.8. The molecule has 0 radical (unpaired) electrons. The van der Waals surface area contributed by atoms with Crippen LogP contribution in [0.1, 0.15) is 31.4 Å². The highest BCUT2D eigenvalue weighted by molar-refractivity contribution is 7.93. The summed E-state index contributed by atoms with van der Waals surface area (Å²) in [7, 11) is -1.56. The van der Waals surface area contributed by atoms with Crippen LogP contribution < -0.4 is 14.2 Å². The van der Waals surface area contributed by atoms with Crippen molar-refractivity contribution >= 4 is 27.6 Å². The molecule has 13 nitrogen and oxygen atoms in total. The van der Waals surface area contributed by atoms with E-state index in [9.17, 15) is 17.2 Å². The summed E-state index contributed by atoms with van der Waals surface area (Å²) in [6, 6.07) is 0. The van der Waals surface area contributed by atoms with E-state index in [2.05, 4.69) is 39.6 Å². The zero-order valence-electron chi connectivity index (χ0n) is 18.9. The standard InChI is InChI=1S/C18H21ClF2N8O5S/c1-9(14-22-5-11(19)6-23-14)10(2)35(30,31)28-18-27-26-12(7-34-17(20)21)29(18)13-15(32-3)24-8-25-16(13)33-4/h5-6,8-10,17H,7H2,1-4H3,(H,27,28). The number of methoxy groups -OCH3 is 2. The summed E-state index contributed by atoms with van der Waals surface area (Å²) in [5.41, 5.74) is -0.0326. The zero-order valence-corrected chi connectivity index (χ0v) is 20.5. The van der Waals surface area contributed by atoms with Gasteiger partial charge in [-0.2, -0.15) is 18.7 Å². The molecule has 190 valence electrons. The largest absolute Gasteiger partial charge is 0.479 e. The predicted octanol–water partition coefficient (Wildman–Crippen LogP) is 2.19. The average Bonchev–Trinajstić information content (AvgIpc) is 3.22. The number of hydrogen-bond donors (Lipinski definition) is 1. The number of halogens is 3. The molecule has 0 spiro atoms. The lowest BCUT2D eigenvalue weighted by Gasteiger charge is -2.20. The van der Waals surface area contributed by atoms with Gasteiger partial charge in [0.1, 0.15) is 18.8 Å². The van der Waals surface area contributed by atoms with Gasteiger partial charge in [-0.25, -0.2) is 18.4 Å². The second kappa shape index (κ2) is 11.0. The maximum atomic E-state index is 13.2. The fraction of sp³-hybridized carbons (Fsp3) is 0.444. The first-order valence-corrected chi connectivity index (χ1v) is 11.8. The van der Waals surface area contributed by atoms with Gasteiger partial charge in [0.25, 0.3) is 0 Å². The number of rotatable bonds is 11. The molecule has 35 heavy (non-hydrogen) atoms. The van der Waals surface area contributed by atoms with Gasteiger partial charge in [0.05, 0.1) is 24.5 Å². The van der Waals surface area contributed by atoms with Crippen molar-refractivity contribution in [1.82, 2.24) is 34.7 Å². The Morgan fingerprint density at radius 2 is 1.66 bits per heavy atom. The molecule has 0 aliphatic carbocycles. The Kier molecular flexibility index (Phi) is 8.29. The van der Waals surface area contributed by atoms with Crippen molar-refractivity contribution < 1.29 is 31.4 Å². The van der Waals surface area contributed by atoms with Crippen molar-refractivity contribution in [2.24, 2.45) is 0 Å². The Hall–Kier alpha value is -3.24. The van der Waals surface area contributed by atoms with E-state index in [4.69, 9.17) is 21.1 Å². The van der Waals surface area contributed by atoms with Crippen LogP contribution in [0, 0.1) is 0 Å². The average molecular weight is 535 g/mol. The Morgan fingerprint density at radius 1 is 1.06 bits per heavy atom. The third kappa shape index (κ3) is 5.88. The van der Waals surface area contributed by atoms with Gasteiger partial charge in [0.15, 0.2) is 11.5 Å². The molecular weight excluding hydrogens is 514 g/mol. The Morgan fingerprint density at radius 3 is 2.20 bits per heavy atom. The molecule has 3 heterocycles. The number of alkyl halides is 2. The van der Waals surface area contributed by atoms with Crippen molar-refractivity contribution in [3.8, 4) is 17.4 Å². The highest BCUT2D eigenvalue weighted by atomic mass is 35.5. The van der Waals surface area contributed by atoms with Gasteiger partial charge >= 0.3 is 6.61 Å². The van der Waals surface area contributed by atoms with Gasteiger partial charge in [0, 0.05) is 18.3 Å². The third-order valence-electron chi connectivity index (χ3n) is 4.91. The molecular formula is C18H21ClF2N8O5S. The van der Waals surface area contributed by atoms with Gasteiger partial charge in [-0.3, -0.25) is 9.29 Å². The number of nitrogens with zero attached hydrogens (tertiary/aromatic N) is 7. The summed E-state index contributed by atoms with van der Waals surface area (Å²) in [6.07, 6.45) is 3.85. The number of sulfonamides is 1. The maximum absolute atomic E-state index is 13.2. The number of ether oxygens (including phenoxy) is 3. The molecule has 0 saturated carbocycles. The monoisotopic (exact) mass is 534 g/mol. The first-order chi connectivity index (χ1) is 16.6. The molecule has 0 saturated heterocycles. The first kappa shape index (κ1) is 26.4. The van der Waals surface area contributed by atoms with E-state index in [1.807, 2.05) is 0 Å². The molecule has 3 rings (SSSR count). The third-order valence-corrected chi connectivity index (χ3v) is 6.96. The predicted molar refractivity (Wildman–Crippen MR) is 118 cm³/mol. The van der Waals surface area contributed by atoms with Gasteiger partial charge in [-0.15, -0.1) is 10.2 Å². The number of anilines is 1. The minimum Gasteiger partial charge on any atom is -0.479 e. The Bertz CT molecular complexity index is 1240. The molecule has 0 aliphatic rings. The van der Waals surface area contributed by atoms with E-state index < -0.39 is 34.4 Å². The topological polar surface area (TPSA) is 156 Å². The summed E-state index contributed by atoms with van der Waals surface area (Å²) in [4.78, 5) is 16.1. The van der Waals surface area contributed by atoms with Crippen LogP contribution in [0.5, 0.6) is 11.8 Å². The fourth-order valence-electron chi connectivity index (χ4n) is 2.94. The summed E-state index contributed by atoms with van der Waals surface area (Å²) in [6.45, 7) is -0.773. The van der Waals surface area contributed by atoms with Crippen LogP contribution in [0.3, 0.4) is 0 Å². The van der Waals surface area contributed by atoms with E-state index >= 15 is 0 Å². The number of hydrogen-bond acceptors (Lipinski definition) is 11. The van der Waals surface area contributed by atoms with Crippen LogP contribution in [0.4, 0.5) is 14.7 Å². The van der Waals surface area contributed by atoms with E-state index in [-0.39, 0.29) is 35.0 Å². The van der Waals surface area contributed by atoms with E-state index in [0.717, 1.165) is 10.9 Å². The molecule has 0 bridgehead atoms. The molecule has 17 heteroatoms. The van der Waals surface area contributed by atoms with Gasteiger partial charge in [-0.05, 0) is 6.92 Å². The molecule has 2 atom stereocenters. The maximum Gasteiger partial charge on any atom is 0.345 e. The molecule has 0 aromatic carbocycles. The minimum atomic E-state index is -4.16. The van der Waals surface area contributed by atoms with Crippen LogP contribution in [-0.4, -0.2) is 69.2 Å². The summed E-state index contributed by atoms with van der Waals surface area (Å²) >= 11 is 5.80. The number of nitrogens with one attached hydrogen (secondary N) is 1. The van der Waals surface area contributed by atoms with Gasteiger partial charge in [0.2, 0.25) is 27.7 Å². The normalized spacial score (nSPS) is 13.5. The highest BCUT2D eigenvalue weighted by Gasteiger charge is 2.32. The van der Waals surface area contributed by atoms with Crippen LogP contribution in [0.25, 0.3) is 5.69 Å². The van der Waals surface area contributed by atoms with E-state index in [0.29, 0.717) is 5.02 Å². The van der Waals surface area contributed by atoms with Crippen molar-refractivity contribution in [3.63, 3.8) is 0 Å². The molecule has 1 N–H and O–H groups in total. The van der Waals surface area contributed by atoms with Crippen LogP contribution in [-0.2, 0) is 21.4 Å². The van der Waals surface area contributed by atoms with Crippen LogP contribution in [0.2, 0.25) is 5.02 Å². The SMILES string of the molecule is COc1ncnc(OC)c1-n1c(COC(F)F)nnc1NS(=O)(=O)C(C)C(C)c1ncc(Cl)cn1. The Balaban J connectivity index is 2.04. The molecule has 3 aromatic heterocycles. The van der Waals surface area contributed by atoms with Crippen LogP contribution >= 0.6 is 11.6 Å². The van der Waals surface area contributed by atoms with Gasteiger partial charge < -0.3 is 14.2 Å². The summed E-state index contributed by atoms with van der Waals surface area (Å²) in [5, 5.41) is 6.84. The molecule has 0 amide bonds. The number of aromatic nitrogens is 7. The fourth-order valence-corrected chi connectivity index (χ4v) is 4.27. The second-order valence-corrected chi connectivity index (χ2v) is 9.46. The van der Waals surface area contributed by atoms with Crippen molar-refractivity contribution in [3.05, 3.63) is 35.4 Å². The lowest BCUT2D eigenvalue weighted by atomic mass is 10.1. The van der Waals surface area contributed by atoms with Crippen molar-refractivity contribution in [1.29, 1.82) is 0 Å². The summed E-state index contributed by atoms with van der Waals surface area (Å²) < 4.78 is 70.1. The first-order valence-electron chi connectivity index (χ1n) is 9.85. The Labute approximate surface area is 203 Å². The molecule has 3 aromatic rings. The van der Waals surface area contributed by atoms with E-state index in [1.54, 1.807) is 6.92 Å². The second-order valence-electron chi connectivity index (χ2n) is 6.99. The smallest absolute Gasteiger partial charge is 0.345 e. The molecule has 2 unspecified atom stereocenters. The van der Waals surface area contributed by atoms with Crippen LogP contribution in [0.15, 0.2) is 18.7 Å². The lowest BCUT2D eigenvalue weighted by molar-refractivity contribution is -0.139. The van der Waals surface area contributed by atoms with Crippen molar-refractivity contribution in [2.45, 2.75) is 38.2 Å². The molecule has 0 aliphatic heterocycles. The lowest BCUT2D eigenvalue weighted by Crippen LogP contribution is -2.31. The molecule has 0 fully saturated rings. The quantitative estimate of drug-likeness (QED) is 0.384. The van der Waals surface area contributed by atoms with E-state index in [1.165, 1.54) is 33.5 Å². The highest BCUT2D eigenvalue weighted by Crippen LogP contribution is 2.33. The summed E-state index contributed by atoms with van der Waals surface area (Å²) in [5.74, 6) is -1.10. The van der Waals surface area contributed by atoms with Gasteiger partial charge in [-0.1, -0.05) is 18.5 Å².